The molecule has 0 radical (unpaired) electrons. The summed E-state index contributed by atoms with van der Waals surface area (Å²) < 4.78 is 0. The summed E-state index contributed by atoms with van der Waals surface area (Å²) in [7, 11) is 0. The maximum Gasteiger partial charge on any atom is 0.0921 e. The van der Waals surface area contributed by atoms with Crippen LogP contribution in [0.2, 0.25) is 0 Å². The van der Waals surface area contributed by atoms with Gasteiger partial charge in [0.2, 0.25) is 0 Å². The molecule has 0 unspecified atom stereocenters. The van der Waals surface area contributed by atoms with Gasteiger partial charge in [-0.1, -0.05) is 0 Å². The van der Waals surface area contributed by atoms with Crippen molar-refractivity contribution in [3.8, 4) is 0 Å². The fraction of sp³-hybridized carbons (Fsp3) is 0.400. The molecule has 0 aliphatic heterocycles. The monoisotopic (exact) mass is 201 g/mol. The van der Waals surface area contributed by atoms with E-state index in [1.54, 1.807) is 12.5 Å². The standard InChI is InChI=1S/C5H9N3.2ClH.H2O/c6-2-1-5-3-7-4-8-5;;;/h3-4H,1-2,6H2,(H,7,8);2*1H;1H2. The number of imidazole rings is 1. The molecule has 1 heterocycles. The van der Waals surface area contributed by atoms with Crippen LogP contribution < -0.4 is 5.73 Å². The molecule has 0 aromatic carbocycles. The number of hydrogen-bond acceptors (Lipinski definition) is 2. The predicted molar refractivity (Wildman–Crippen MR) is 49.5 cm³/mol. The van der Waals surface area contributed by atoms with Gasteiger partial charge in [0, 0.05) is 18.3 Å². The second-order valence-electron chi connectivity index (χ2n) is 1.62. The summed E-state index contributed by atoms with van der Waals surface area (Å²) >= 11 is 0. The van der Waals surface area contributed by atoms with E-state index in [1.807, 2.05) is 0 Å². The van der Waals surface area contributed by atoms with E-state index in [-0.39, 0.29) is 30.3 Å². The van der Waals surface area contributed by atoms with E-state index in [0.29, 0.717) is 6.54 Å². The summed E-state index contributed by atoms with van der Waals surface area (Å²) in [6, 6.07) is 0. The zero-order valence-electron chi connectivity index (χ0n) is 5.91. The van der Waals surface area contributed by atoms with Crippen LogP contribution in [0, 0.1) is 0 Å². The van der Waals surface area contributed by atoms with E-state index >= 15 is 0 Å². The molecule has 0 saturated heterocycles. The van der Waals surface area contributed by atoms with E-state index in [0.717, 1.165) is 12.1 Å². The van der Waals surface area contributed by atoms with E-state index < -0.39 is 0 Å². The molecule has 1 aromatic rings. The number of hydrogen-bond donors (Lipinski definition) is 2. The number of aromatic nitrogens is 2. The molecule has 5 N–H and O–H groups in total. The number of nitrogens with two attached hydrogens (primary N) is 1. The Morgan fingerprint density at radius 3 is 2.45 bits per heavy atom. The van der Waals surface area contributed by atoms with Crippen LogP contribution in [0.15, 0.2) is 12.5 Å². The van der Waals surface area contributed by atoms with Gasteiger partial charge in [-0.2, -0.15) is 0 Å². The number of aromatic amines is 1. The fourth-order valence-electron chi connectivity index (χ4n) is 0.577. The highest BCUT2D eigenvalue weighted by atomic mass is 35.5. The van der Waals surface area contributed by atoms with Crippen LogP contribution in [0.4, 0.5) is 0 Å². The van der Waals surface area contributed by atoms with E-state index in [1.165, 1.54) is 0 Å². The maximum absolute atomic E-state index is 5.27. The molecule has 0 amide bonds. The van der Waals surface area contributed by atoms with Crippen molar-refractivity contribution in [2.75, 3.05) is 6.54 Å². The van der Waals surface area contributed by atoms with Gasteiger partial charge in [0.1, 0.15) is 0 Å². The maximum atomic E-state index is 5.27. The first-order chi connectivity index (χ1) is 3.93. The fourth-order valence-corrected chi connectivity index (χ4v) is 0.577. The van der Waals surface area contributed by atoms with Gasteiger partial charge in [-0.15, -0.1) is 24.8 Å². The van der Waals surface area contributed by atoms with Crippen molar-refractivity contribution in [2.24, 2.45) is 5.73 Å². The second kappa shape index (κ2) is 9.71. The molecule has 1 aromatic heterocycles. The summed E-state index contributed by atoms with van der Waals surface area (Å²) in [4.78, 5) is 6.78. The lowest BCUT2D eigenvalue weighted by Crippen LogP contribution is -2.02. The third-order valence-corrected chi connectivity index (χ3v) is 0.969. The number of H-pyrrole nitrogens is 1. The van der Waals surface area contributed by atoms with Crippen molar-refractivity contribution in [3.05, 3.63) is 18.2 Å². The van der Waals surface area contributed by atoms with Gasteiger partial charge in [-0.25, -0.2) is 4.98 Å². The molecule has 11 heavy (non-hydrogen) atoms. The molecule has 68 valence electrons. The normalized spacial score (nSPS) is 7.00. The van der Waals surface area contributed by atoms with E-state index in [9.17, 15) is 0 Å². The Kier molecular flexibility index (Phi) is 15.0. The van der Waals surface area contributed by atoms with Crippen molar-refractivity contribution < 1.29 is 5.48 Å². The molecule has 4 nitrogen and oxygen atoms in total. The molecule has 6 heteroatoms. The summed E-state index contributed by atoms with van der Waals surface area (Å²) in [6.45, 7) is 0.683. The molecular formula is C5H13Cl2N3O. The summed E-state index contributed by atoms with van der Waals surface area (Å²) in [5, 5.41) is 0. The Bertz CT molecular complexity index is 145. The summed E-state index contributed by atoms with van der Waals surface area (Å²) in [6.07, 6.45) is 4.33. The number of nitrogens with one attached hydrogen (secondary N) is 1. The lowest BCUT2D eigenvalue weighted by Gasteiger charge is -1.86. The Labute approximate surface area is 77.7 Å². The number of rotatable bonds is 2. The van der Waals surface area contributed by atoms with Crippen LogP contribution in [0.5, 0.6) is 0 Å². The molecule has 0 spiro atoms. The lowest BCUT2D eigenvalue weighted by molar-refractivity contribution is 0.824. The third-order valence-electron chi connectivity index (χ3n) is 0.969. The number of nitrogens with zero attached hydrogens (tertiary/aromatic N) is 1. The zero-order valence-corrected chi connectivity index (χ0v) is 7.54. The average molecular weight is 202 g/mol. The first kappa shape index (κ1) is 17.0. The second-order valence-corrected chi connectivity index (χ2v) is 1.62. The van der Waals surface area contributed by atoms with Crippen molar-refractivity contribution >= 4 is 24.8 Å². The quantitative estimate of drug-likeness (QED) is 0.703. The van der Waals surface area contributed by atoms with Crippen LogP contribution >= 0.6 is 24.8 Å². The smallest absolute Gasteiger partial charge is 0.0921 e. The van der Waals surface area contributed by atoms with Crippen molar-refractivity contribution in [1.82, 2.24) is 9.97 Å². The molecule has 0 bridgehead atoms. The van der Waals surface area contributed by atoms with Gasteiger partial charge in [0.25, 0.3) is 0 Å². The van der Waals surface area contributed by atoms with Crippen LogP contribution in [-0.2, 0) is 6.42 Å². The van der Waals surface area contributed by atoms with Crippen LogP contribution in [0.25, 0.3) is 0 Å². The van der Waals surface area contributed by atoms with Gasteiger partial charge < -0.3 is 16.2 Å². The molecule has 0 aliphatic carbocycles. The third kappa shape index (κ3) is 6.12. The van der Waals surface area contributed by atoms with Crippen molar-refractivity contribution in [3.63, 3.8) is 0 Å². The summed E-state index contributed by atoms with van der Waals surface area (Å²) in [5.41, 5.74) is 6.38. The van der Waals surface area contributed by atoms with Crippen molar-refractivity contribution in [1.29, 1.82) is 0 Å². The minimum atomic E-state index is 0. The lowest BCUT2D eigenvalue weighted by atomic mass is 10.3. The highest BCUT2D eigenvalue weighted by Gasteiger charge is 1.86. The minimum Gasteiger partial charge on any atom is -0.412 e. The molecule has 0 saturated carbocycles. The van der Waals surface area contributed by atoms with Gasteiger partial charge in [-0.05, 0) is 6.54 Å². The van der Waals surface area contributed by atoms with Gasteiger partial charge in [0.15, 0.2) is 0 Å². The Balaban J connectivity index is -0.000000213. The molecule has 0 fully saturated rings. The van der Waals surface area contributed by atoms with Gasteiger partial charge in [0.05, 0.1) is 6.33 Å². The van der Waals surface area contributed by atoms with E-state index in [2.05, 4.69) is 9.97 Å². The minimum absolute atomic E-state index is 0. The van der Waals surface area contributed by atoms with Crippen LogP contribution in [-0.4, -0.2) is 22.0 Å². The zero-order chi connectivity index (χ0) is 5.82. The average Bonchev–Trinajstić information content (AvgIpc) is 2.19. The van der Waals surface area contributed by atoms with Gasteiger partial charge in [-0.3, -0.25) is 0 Å². The topological polar surface area (TPSA) is 86.2 Å². The highest BCUT2D eigenvalue weighted by molar-refractivity contribution is 5.85. The first-order valence-electron chi connectivity index (χ1n) is 2.61. The summed E-state index contributed by atoms with van der Waals surface area (Å²) in [5.74, 6) is 0. The van der Waals surface area contributed by atoms with E-state index in [4.69, 9.17) is 5.73 Å². The Morgan fingerprint density at radius 1 is 1.45 bits per heavy atom. The van der Waals surface area contributed by atoms with Crippen LogP contribution in [0.1, 0.15) is 5.69 Å². The van der Waals surface area contributed by atoms with Crippen LogP contribution in [0.3, 0.4) is 0 Å². The van der Waals surface area contributed by atoms with Gasteiger partial charge >= 0.3 is 0 Å². The molecule has 1 rings (SSSR count). The SMILES string of the molecule is Cl.Cl.NCCc1cnc[nH]1.O. The largest absolute Gasteiger partial charge is 0.412 e. The Morgan fingerprint density at radius 2 is 2.09 bits per heavy atom. The molecule has 0 atom stereocenters. The number of halogens is 2. The Hall–Kier alpha value is -0.290. The molecule has 0 aliphatic rings. The predicted octanol–water partition coefficient (Wildman–Crippen LogP) is -0.0702. The first-order valence-corrected chi connectivity index (χ1v) is 2.61. The molecular weight excluding hydrogens is 189 g/mol. The van der Waals surface area contributed by atoms with Crippen molar-refractivity contribution in [2.45, 2.75) is 6.42 Å². The highest BCUT2D eigenvalue weighted by Crippen LogP contribution is 1.88.